The molecule has 1 amide bonds. The van der Waals surface area contributed by atoms with Crippen molar-refractivity contribution in [3.05, 3.63) is 65.6 Å². The van der Waals surface area contributed by atoms with Crippen LogP contribution >= 0.6 is 0 Å². The number of nitrogens with one attached hydrogen (secondary N) is 2. The van der Waals surface area contributed by atoms with Crippen LogP contribution in [0.2, 0.25) is 0 Å². The van der Waals surface area contributed by atoms with Gasteiger partial charge in [-0.2, -0.15) is 0 Å². The van der Waals surface area contributed by atoms with Crippen LogP contribution in [0.15, 0.2) is 43.0 Å². The van der Waals surface area contributed by atoms with Crippen molar-refractivity contribution in [2.75, 3.05) is 6.54 Å². The number of imidazole rings is 1. The Kier molecular flexibility index (Phi) is 5.73. The average molecular weight is 349 g/mol. The molecule has 0 fully saturated rings. The van der Waals surface area contributed by atoms with Gasteiger partial charge in [-0.1, -0.05) is 25.5 Å². The summed E-state index contributed by atoms with van der Waals surface area (Å²) in [7, 11) is 0. The van der Waals surface area contributed by atoms with E-state index in [9.17, 15) is 4.79 Å². The highest BCUT2D eigenvalue weighted by Crippen LogP contribution is 2.23. The van der Waals surface area contributed by atoms with Gasteiger partial charge in [0.15, 0.2) is 0 Å². The highest BCUT2D eigenvalue weighted by Gasteiger charge is 2.10. The largest absolute Gasteiger partial charge is 0.352 e. The fourth-order valence-corrected chi connectivity index (χ4v) is 2.81. The lowest BCUT2D eigenvalue weighted by atomic mass is 10.0. The van der Waals surface area contributed by atoms with E-state index >= 15 is 0 Å². The van der Waals surface area contributed by atoms with Gasteiger partial charge < -0.3 is 10.3 Å². The molecule has 0 spiro atoms. The Balaban J connectivity index is 1.68. The van der Waals surface area contributed by atoms with E-state index in [0.717, 1.165) is 47.6 Å². The molecule has 6 heteroatoms. The number of aromatic amines is 1. The zero-order valence-electron chi connectivity index (χ0n) is 15.1. The quantitative estimate of drug-likeness (QED) is 0.686. The van der Waals surface area contributed by atoms with E-state index in [1.54, 1.807) is 12.5 Å². The third-order valence-electron chi connectivity index (χ3n) is 4.16. The first-order valence-electron chi connectivity index (χ1n) is 8.85. The molecule has 3 rings (SSSR count). The van der Waals surface area contributed by atoms with Crippen molar-refractivity contribution in [1.29, 1.82) is 0 Å². The van der Waals surface area contributed by atoms with Gasteiger partial charge in [0.2, 0.25) is 0 Å². The van der Waals surface area contributed by atoms with Crippen LogP contribution in [-0.2, 0) is 12.8 Å². The predicted octanol–water partition coefficient (Wildman–Crippen LogP) is 3.10. The Labute approximate surface area is 153 Å². The summed E-state index contributed by atoms with van der Waals surface area (Å²) < 4.78 is 0. The van der Waals surface area contributed by atoms with E-state index in [2.05, 4.69) is 32.2 Å². The second-order valence-electron chi connectivity index (χ2n) is 6.20. The van der Waals surface area contributed by atoms with Gasteiger partial charge in [-0.15, -0.1) is 0 Å². The molecule has 26 heavy (non-hydrogen) atoms. The normalized spacial score (nSPS) is 10.7. The van der Waals surface area contributed by atoms with Crippen LogP contribution in [0.1, 0.15) is 40.8 Å². The molecule has 0 unspecified atom stereocenters. The second-order valence-corrected chi connectivity index (χ2v) is 6.20. The van der Waals surface area contributed by atoms with Crippen molar-refractivity contribution < 1.29 is 4.79 Å². The molecule has 0 radical (unpaired) electrons. The molecule has 0 aliphatic heterocycles. The number of H-pyrrole nitrogens is 1. The molecule has 134 valence electrons. The Morgan fingerprint density at radius 3 is 2.65 bits per heavy atom. The molecule has 3 aromatic rings. The number of aromatic nitrogens is 4. The maximum absolute atomic E-state index is 12.3. The molecule has 0 atom stereocenters. The summed E-state index contributed by atoms with van der Waals surface area (Å²) in [5, 5.41) is 2.92. The van der Waals surface area contributed by atoms with Gasteiger partial charge in [0.05, 0.1) is 12.0 Å². The van der Waals surface area contributed by atoms with Gasteiger partial charge in [0.25, 0.3) is 5.91 Å². The smallest absolute Gasteiger partial charge is 0.251 e. The van der Waals surface area contributed by atoms with Crippen LogP contribution in [0.3, 0.4) is 0 Å². The minimum Gasteiger partial charge on any atom is -0.352 e. The summed E-state index contributed by atoms with van der Waals surface area (Å²) in [6, 6.07) is 7.58. The van der Waals surface area contributed by atoms with E-state index in [4.69, 9.17) is 0 Å². The van der Waals surface area contributed by atoms with Crippen LogP contribution in [0, 0.1) is 6.92 Å². The van der Waals surface area contributed by atoms with Gasteiger partial charge in [0, 0.05) is 42.2 Å². The number of rotatable bonds is 7. The lowest BCUT2D eigenvalue weighted by molar-refractivity contribution is 0.0954. The monoisotopic (exact) mass is 349 g/mol. The summed E-state index contributed by atoms with van der Waals surface area (Å²) in [5.74, 6) is 0.671. The topological polar surface area (TPSA) is 83.6 Å². The average Bonchev–Trinajstić information content (AvgIpc) is 3.17. The summed E-state index contributed by atoms with van der Waals surface area (Å²) in [5.41, 5.74) is 4.73. The molecule has 1 aromatic carbocycles. The van der Waals surface area contributed by atoms with Gasteiger partial charge >= 0.3 is 0 Å². The predicted molar refractivity (Wildman–Crippen MR) is 101 cm³/mol. The second kappa shape index (κ2) is 8.38. The van der Waals surface area contributed by atoms with Crippen molar-refractivity contribution in [1.82, 2.24) is 25.3 Å². The number of carbonyl (C=O) groups excluding carboxylic acids is 1. The summed E-state index contributed by atoms with van der Waals surface area (Å²) in [6.45, 7) is 4.59. The number of benzene rings is 1. The molecule has 6 nitrogen and oxygen atoms in total. The van der Waals surface area contributed by atoms with Crippen molar-refractivity contribution in [2.24, 2.45) is 0 Å². The maximum atomic E-state index is 12.3. The highest BCUT2D eigenvalue weighted by atomic mass is 16.1. The number of hydrogen-bond donors (Lipinski definition) is 2. The van der Waals surface area contributed by atoms with E-state index in [1.165, 1.54) is 0 Å². The standard InChI is InChI=1S/C20H23N5O/c1-3-4-17-11-23-14(2)25-19(17)15-5-7-16(8-6-15)20(26)22-10-9-18-12-21-13-24-18/h5-8,11-13H,3-4,9-10H2,1-2H3,(H,21,24)(H,22,26). The minimum absolute atomic E-state index is 0.0799. The summed E-state index contributed by atoms with van der Waals surface area (Å²) in [6.07, 6.45) is 8.00. The highest BCUT2D eigenvalue weighted by molar-refractivity contribution is 5.94. The van der Waals surface area contributed by atoms with Crippen LogP contribution in [0.4, 0.5) is 0 Å². The molecular formula is C20H23N5O. The van der Waals surface area contributed by atoms with Crippen molar-refractivity contribution in [2.45, 2.75) is 33.1 Å². The first-order valence-corrected chi connectivity index (χ1v) is 8.85. The van der Waals surface area contributed by atoms with Crippen molar-refractivity contribution >= 4 is 5.91 Å². The zero-order valence-corrected chi connectivity index (χ0v) is 15.1. The molecule has 0 aliphatic rings. The van der Waals surface area contributed by atoms with E-state index in [-0.39, 0.29) is 5.91 Å². The Morgan fingerprint density at radius 2 is 1.96 bits per heavy atom. The molecule has 2 heterocycles. The number of nitrogens with zero attached hydrogens (tertiary/aromatic N) is 3. The number of aryl methyl sites for hydroxylation is 2. The zero-order chi connectivity index (χ0) is 18.4. The molecule has 0 bridgehead atoms. The van der Waals surface area contributed by atoms with Gasteiger partial charge in [-0.3, -0.25) is 4.79 Å². The number of amides is 1. The Morgan fingerprint density at radius 1 is 1.15 bits per heavy atom. The fraction of sp³-hybridized carbons (Fsp3) is 0.300. The first-order chi connectivity index (χ1) is 12.7. The molecule has 0 saturated carbocycles. The van der Waals surface area contributed by atoms with Gasteiger partial charge in [0.1, 0.15) is 5.82 Å². The van der Waals surface area contributed by atoms with E-state index in [0.29, 0.717) is 12.1 Å². The molecule has 2 aromatic heterocycles. The van der Waals surface area contributed by atoms with E-state index in [1.807, 2.05) is 37.4 Å². The number of hydrogen-bond acceptors (Lipinski definition) is 4. The third-order valence-corrected chi connectivity index (χ3v) is 4.16. The minimum atomic E-state index is -0.0799. The fourth-order valence-electron chi connectivity index (χ4n) is 2.81. The van der Waals surface area contributed by atoms with Gasteiger partial charge in [-0.25, -0.2) is 15.0 Å². The van der Waals surface area contributed by atoms with Crippen LogP contribution in [0.25, 0.3) is 11.3 Å². The number of carbonyl (C=O) groups is 1. The van der Waals surface area contributed by atoms with Crippen LogP contribution < -0.4 is 5.32 Å². The lowest BCUT2D eigenvalue weighted by Crippen LogP contribution is -2.25. The SMILES string of the molecule is CCCc1cnc(C)nc1-c1ccc(C(=O)NCCc2cnc[nH]2)cc1. The molecular weight excluding hydrogens is 326 g/mol. The van der Waals surface area contributed by atoms with Crippen LogP contribution in [-0.4, -0.2) is 32.4 Å². The third kappa shape index (κ3) is 4.33. The Bertz CT molecular complexity index is 856. The summed E-state index contributed by atoms with van der Waals surface area (Å²) >= 11 is 0. The first kappa shape index (κ1) is 17.8. The van der Waals surface area contributed by atoms with Crippen LogP contribution in [0.5, 0.6) is 0 Å². The van der Waals surface area contributed by atoms with Crippen molar-refractivity contribution in [3.8, 4) is 11.3 Å². The molecule has 0 aliphatic carbocycles. The Hall–Kier alpha value is -3.02. The molecule has 0 saturated heterocycles. The van der Waals surface area contributed by atoms with E-state index < -0.39 is 0 Å². The maximum Gasteiger partial charge on any atom is 0.251 e. The lowest BCUT2D eigenvalue weighted by Gasteiger charge is -2.10. The molecule has 2 N–H and O–H groups in total. The summed E-state index contributed by atoms with van der Waals surface area (Å²) in [4.78, 5) is 28.2. The van der Waals surface area contributed by atoms with Crippen molar-refractivity contribution in [3.63, 3.8) is 0 Å². The van der Waals surface area contributed by atoms with Gasteiger partial charge in [-0.05, 0) is 31.0 Å².